The van der Waals surface area contributed by atoms with Gasteiger partial charge in [-0.15, -0.1) is 0 Å². The van der Waals surface area contributed by atoms with Gasteiger partial charge in [0, 0.05) is 24.0 Å². The van der Waals surface area contributed by atoms with Crippen molar-refractivity contribution in [2.75, 3.05) is 0 Å². The van der Waals surface area contributed by atoms with E-state index in [0.717, 1.165) is 27.4 Å². The van der Waals surface area contributed by atoms with E-state index in [4.69, 9.17) is 0 Å². The summed E-state index contributed by atoms with van der Waals surface area (Å²) < 4.78 is 1.89. The van der Waals surface area contributed by atoms with Crippen molar-refractivity contribution < 1.29 is 0 Å². The molecule has 0 amide bonds. The average molecular weight is 260 g/mol. The van der Waals surface area contributed by atoms with Gasteiger partial charge in [-0.3, -0.25) is 4.68 Å². The first-order chi connectivity index (χ1) is 9.83. The van der Waals surface area contributed by atoms with Crippen LogP contribution in [0.4, 0.5) is 0 Å². The number of hydrogen-bond acceptors (Lipinski definition) is 3. The van der Waals surface area contributed by atoms with Crippen molar-refractivity contribution in [3.05, 3.63) is 55.1 Å². The Balaban J connectivity index is 2.01. The van der Waals surface area contributed by atoms with Crippen molar-refractivity contribution in [2.45, 2.75) is 0 Å². The summed E-state index contributed by atoms with van der Waals surface area (Å²) in [6, 6.07) is 12.5. The highest BCUT2D eigenvalue weighted by molar-refractivity contribution is 5.96. The third-order valence-electron chi connectivity index (χ3n) is 3.61. The van der Waals surface area contributed by atoms with Crippen LogP contribution in [0.3, 0.4) is 0 Å². The largest absolute Gasteiger partial charge is 0.268 e. The highest BCUT2D eigenvalue weighted by Crippen LogP contribution is 2.29. The molecule has 2 heterocycles. The Morgan fingerprint density at radius 2 is 2.00 bits per heavy atom. The molecule has 2 aromatic carbocycles. The zero-order valence-electron chi connectivity index (χ0n) is 11.0. The fraction of sp³-hybridized carbons (Fsp3) is 0.0625. The summed E-state index contributed by atoms with van der Waals surface area (Å²) in [6.07, 6.45) is 5.32. The molecule has 0 N–H and O–H groups in total. The highest BCUT2D eigenvalue weighted by atomic mass is 15.2. The van der Waals surface area contributed by atoms with Gasteiger partial charge in [-0.05, 0) is 23.3 Å². The molecule has 96 valence electrons. The van der Waals surface area contributed by atoms with Crippen LogP contribution in [0, 0.1) is 0 Å². The molecule has 20 heavy (non-hydrogen) atoms. The lowest BCUT2D eigenvalue weighted by molar-refractivity contribution is 0.797. The topological polar surface area (TPSA) is 43.6 Å². The SMILES string of the molecule is Cn1ncc2c(-c3ccc4cncnc4c3)cccc21. The lowest BCUT2D eigenvalue weighted by Gasteiger charge is -2.05. The molecule has 0 aliphatic heterocycles. The number of aryl methyl sites for hydroxylation is 1. The first kappa shape index (κ1) is 11.1. The highest BCUT2D eigenvalue weighted by Gasteiger charge is 2.07. The van der Waals surface area contributed by atoms with Gasteiger partial charge in [0.1, 0.15) is 6.33 Å². The molecule has 0 radical (unpaired) electrons. The van der Waals surface area contributed by atoms with Crippen molar-refractivity contribution in [2.24, 2.45) is 7.05 Å². The predicted octanol–water partition coefficient (Wildman–Crippen LogP) is 3.18. The molecule has 0 aliphatic rings. The van der Waals surface area contributed by atoms with Gasteiger partial charge < -0.3 is 0 Å². The van der Waals surface area contributed by atoms with E-state index in [2.05, 4.69) is 51.5 Å². The van der Waals surface area contributed by atoms with Crippen molar-refractivity contribution in [3.63, 3.8) is 0 Å². The van der Waals surface area contributed by atoms with E-state index < -0.39 is 0 Å². The van der Waals surface area contributed by atoms with Gasteiger partial charge in [0.2, 0.25) is 0 Å². The van der Waals surface area contributed by atoms with Crippen LogP contribution >= 0.6 is 0 Å². The third-order valence-corrected chi connectivity index (χ3v) is 3.61. The maximum Gasteiger partial charge on any atom is 0.116 e. The number of aromatic nitrogens is 4. The zero-order chi connectivity index (χ0) is 13.5. The predicted molar refractivity (Wildman–Crippen MR) is 79.2 cm³/mol. The lowest BCUT2D eigenvalue weighted by Crippen LogP contribution is -1.88. The number of nitrogens with zero attached hydrogens (tertiary/aromatic N) is 4. The van der Waals surface area contributed by atoms with Crippen LogP contribution in [0.25, 0.3) is 32.9 Å². The van der Waals surface area contributed by atoms with E-state index in [9.17, 15) is 0 Å². The van der Waals surface area contributed by atoms with E-state index in [1.165, 1.54) is 5.56 Å². The van der Waals surface area contributed by atoms with Crippen molar-refractivity contribution in [1.82, 2.24) is 19.7 Å². The second-order valence-corrected chi connectivity index (χ2v) is 4.80. The van der Waals surface area contributed by atoms with Gasteiger partial charge in [0.05, 0.1) is 17.2 Å². The molecule has 4 nitrogen and oxygen atoms in total. The first-order valence-corrected chi connectivity index (χ1v) is 6.44. The number of fused-ring (bicyclic) bond motifs is 2. The van der Waals surface area contributed by atoms with Gasteiger partial charge >= 0.3 is 0 Å². The molecule has 0 saturated heterocycles. The van der Waals surface area contributed by atoms with Gasteiger partial charge in [-0.25, -0.2) is 9.97 Å². The molecule has 0 aliphatic carbocycles. The van der Waals surface area contributed by atoms with Crippen LogP contribution in [-0.2, 0) is 7.05 Å². The Hall–Kier alpha value is -2.75. The summed E-state index contributed by atoms with van der Waals surface area (Å²) >= 11 is 0. The van der Waals surface area contributed by atoms with Crippen LogP contribution in [0.15, 0.2) is 55.1 Å². The number of hydrogen-bond donors (Lipinski definition) is 0. The van der Waals surface area contributed by atoms with Gasteiger partial charge in [-0.2, -0.15) is 5.10 Å². The monoisotopic (exact) mass is 260 g/mol. The fourth-order valence-corrected chi connectivity index (χ4v) is 2.57. The van der Waals surface area contributed by atoms with E-state index in [-0.39, 0.29) is 0 Å². The van der Waals surface area contributed by atoms with Crippen LogP contribution < -0.4 is 0 Å². The second kappa shape index (κ2) is 4.13. The molecule has 0 fully saturated rings. The first-order valence-electron chi connectivity index (χ1n) is 6.44. The van der Waals surface area contributed by atoms with Gasteiger partial charge in [0.15, 0.2) is 0 Å². The minimum Gasteiger partial charge on any atom is -0.268 e. The van der Waals surface area contributed by atoms with Crippen LogP contribution in [0.5, 0.6) is 0 Å². The minimum absolute atomic E-state index is 0.957. The van der Waals surface area contributed by atoms with Crippen molar-refractivity contribution in [1.29, 1.82) is 0 Å². The van der Waals surface area contributed by atoms with Crippen LogP contribution in [0.1, 0.15) is 0 Å². The Morgan fingerprint density at radius 1 is 1.05 bits per heavy atom. The summed E-state index contributed by atoms with van der Waals surface area (Å²) in [4.78, 5) is 8.36. The normalized spacial score (nSPS) is 11.2. The van der Waals surface area contributed by atoms with Crippen LogP contribution in [-0.4, -0.2) is 19.7 Å². The zero-order valence-corrected chi connectivity index (χ0v) is 11.0. The summed E-state index contributed by atoms with van der Waals surface area (Å²) in [5.41, 5.74) is 4.41. The van der Waals surface area contributed by atoms with Crippen molar-refractivity contribution in [3.8, 4) is 11.1 Å². The van der Waals surface area contributed by atoms with Crippen LogP contribution in [0.2, 0.25) is 0 Å². The molecule has 4 heteroatoms. The Kier molecular flexibility index (Phi) is 2.29. The molecule has 0 spiro atoms. The molecule has 4 rings (SSSR count). The molecule has 0 bridgehead atoms. The standard InChI is InChI=1S/C16H12N4/c1-20-16-4-2-3-13(14(16)9-19-20)11-5-6-12-8-17-10-18-15(12)7-11/h2-10H,1H3. The van der Waals surface area contributed by atoms with Crippen molar-refractivity contribution >= 4 is 21.8 Å². The van der Waals surface area contributed by atoms with E-state index in [1.54, 1.807) is 6.33 Å². The molecular formula is C16H12N4. The summed E-state index contributed by atoms with van der Waals surface area (Å²) in [6.45, 7) is 0. The Morgan fingerprint density at radius 3 is 2.95 bits per heavy atom. The fourth-order valence-electron chi connectivity index (χ4n) is 2.57. The average Bonchev–Trinajstić information content (AvgIpc) is 2.88. The second-order valence-electron chi connectivity index (χ2n) is 4.80. The number of benzene rings is 2. The van der Waals surface area contributed by atoms with E-state index in [1.807, 2.05) is 24.1 Å². The van der Waals surface area contributed by atoms with E-state index in [0.29, 0.717) is 0 Å². The lowest BCUT2D eigenvalue weighted by atomic mass is 10.0. The summed E-state index contributed by atoms with van der Waals surface area (Å²) in [7, 11) is 1.96. The Labute approximate surface area is 115 Å². The molecular weight excluding hydrogens is 248 g/mol. The minimum atomic E-state index is 0.957. The Bertz CT molecular complexity index is 924. The van der Waals surface area contributed by atoms with Gasteiger partial charge in [0.25, 0.3) is 0 Å². The van der Waals surface area contributed by atoms with E-state index >= 15 is 0 Å². The molecule has 0 atom stereocenters. The molecule has 0 saturated carbocycles. The summed E-state index contributed by atoms with van der Waals surface area (Å²) in [5, 5.41) is 6.54. The molecule has 2 aromatic heterocycles. The maximum absolute atomic E-state index is 4.34. The molecule has 0 unspecified atom stereocenters. The quantitative estimate of drug-likeness (QED) is 0.528. The number of rotatable bonds is 1. The van der Waals surface area contributed by atoms with Gasteiger partial charge in [-0.1, -0.05) is 24.3 Å². The summed E-state index contributed by atoms with van der Waals surface area (Å²) in [5.74, 6) is 0. The maximum atomic E-state index is 4.34. The third kappa shape index (κ3) is 1.58. The smallest absolute Gasteiger partial charge is 0.116 e. The molecule has 4 aromatic rings.